The maximum atomic E-state index is 11.0. The van der Waals surface area contributed by atoms with Gasteiger partial charge in [-0.25, -0.2) is 10.8 Å². The molecule has 1 saturated carbocycles. The SMILES string of the molecule is NNc1cc([N+](=O)[O-])cc(N(Cc2ccco2)C2CC2)n1. The van der Waals surface area contributed by atoms with Crippen molar-refractivity contribution in [3.63, 3.8) is 0 Å². The van der Waals surface area contributed by atoms with Crippen molar-refractivity contribution < 1.29 is 9.34 Å². The molecule has 0 aromatic carbocycles. The number of rotatable bonds is 6. The highest BCUT2D eigenvalue weighted by Gasteiger charge is 2.31. The first-order chi connectivity index (χ1) is 10.2. The summed E-state index contributed by atoms with van der Waals surface area (Å²) in [6.45, 7) is 0.524. The van der Waals surface area contributed by atoms with Gasteiger partial charge in [-0.05, 0) is 25.0 Å². The minimum absolute atomic E-state index is 0.0435. The highest BCUT2D eigenvalue weighted by Crippen LogP contribution is 2.34. The molecule has 8 nitrogen and oxygen atoms in total. The van der Waals surface area contributed by atoms with Crippen LogP contribution in [0.15, 0.2) is 34.9 Å². The molecule has 0 radical (unpaired) electrons. The van der Waals surface area contributed by atoms with Crippen molar-refractivity contribution in [2.45, 2.75) is 25.4 Å². The van der Waals surface area contributed by atoms with Crippen molar-refractivity contribution in [2.24, 2.45) is 5.84 Å². The van der Waals surface area contributed by atoms with Gasteiger partial charge >= 0.3 is 0 Å². The van der Waals surface area contributed by atoms with Gasteiger partial charge in [0.25, 0.3) is 5.69 Å². The zero-order valence-electron chi connectivity index (χ0n) is 11.2. The number of nitrogens with two attached hydrogens (primary N) is 1. The first-order valence-corrected chi connectivity index (χ1v) is 6.59. The van der Waals surface area contributed by atoms with Crippen molar-refractivity contribution in [2.75, 3.05) is 10.3 Å². The van der Waals surface area contributed by atoms with E-state index in [1.54, 1.807) is 6.26 Å². The van der Waals surface area contributed by atoms with E-state index in [0.29, 0.717) is 18.4 Å². The molecule has 3 N–H and O–H groups in total. The normalized spacial score (nSPS) is 14.0. The lowest BCUT2D eigenvalue weighted by Crippen LogP contribution is -2.26. The average molecular weight is 289 g/mol. The lowest BCUT2D eigenvalue weighted by Gasteiger charge is -2.22. The summed E-state index contributed by atoms with van der Waals surface area (Å²) in [5.74, 6) is 6.92. The molecule has 2 aromatic rings. The molecule has 2 heterocycles. The van der Waals surface area contributed by atoms with E-state index < -0.39 is 4.92 Å². The van der Waals surface area contributed by atoms with Crippen LogP contribution >= 0.6 is 0 Å². The number of hydrogen-bond donors (Lipinski definition) is 2. The zero-order chi connectivity index (χ0) is 14.8. The summed E-state index contributed by atoms with van der Waals surface area (Å²) in [4.78, 5) is 16.9. The third-order valence-electron chi connectivity index (χ3n) is 3.34. The predicted octanol–water partition coefficient (Wildman–Crippen LogP) is 2.04. The van der Waals surface area contributed by atoms with Gasteiger partial charge in [0, 0.05) is 6.04 Å². The van der Waals surface area contributed by atoms with Gasteiger partial charge in [-0.3, -0.25) is 10.1 Å². The second-order valence-corrected chi connectivity index (χ2v) is 4.91. The Morgan fingerprint density at radius 1 is 1.52 bits per heavy atom. The Kier molecular flexibility index (Phi) is 3.44. The molecule has 0 amide bonds. The van der Waals surface area contributed by atoms with E-state index in [9.17, 15) is 10.1 Å². The van der Waals surface area contributed by atoms with Gasteiger partial charge in [0.2, 0.25) is 0 Å². The molecule has 21 heavy (non-hydrogen) atoms. The third kappa shape index (κ3) is 2.95. The maximum Gasteiger partial charge on any atom is 0.276 e. The molecular formula is C13H15N5O3. The van der Waals surface area contributed by atoms with Gasteiger partial charge in [-0.15, -0.1) is 0 Å². The Balaban J connectivity index is 1.94. The van der Waals surface area contributed by atoms with Gasteiger partial charge in [0.1, 0.15) is 17.4 Å². The highest BCUT2D eigenvalue weighted by molar-refractivity contribution is 5.56. The smallest absolute Gasteiger partial charge is 0.276 e. The van der Waals surface area contributed by atoms with Crippen LogP contribution in [0.25, 0.3) is 0 Å². The van der Waals surface area contributed by atoms with Crippen LogP contribution in [-0.4, -0.2) is 15.9 Å². The van der Waals surface area contributed by atoms with Crippen LogP contribution in [-0.2, 0) is 6.54 Å². The van der Waals surface area contributed by atoms with E-state index in [-0.39, 0.29) is 11.5 Å². The Hall–Kier alpha value is -2.61. The lowest BCUT2D eigenvalue weighted by molar-refractivity contribution is -0.384. The number of aromatic nitrogens is 1. The highest BCUT2D eigenvalue weighted by atomic mass is 16.6. The van der Waals surface area contributed by atoms with Crippen LogP contribution in [0.5, 0.6) is 0 Å². The van der Waals surface area contributed by atoms with Crippen molar-refractivity contribution >= 4 is 17.3 Å². The summed E-state index contributed by atoms with van der Waals surface area (Å²) in [6.07, 6.45) is 3.68. The second-order valence-electron chi connectivity index (χ2n) is 4.91. The molecule has 0 saturated heterocycles. The fraction of sp³-hybridized carbons (Fsp3) is 0.308. The third-order valence-corrected chi connectivity index (χ3v) is 3.34. The molecule has 110 valence electrons. The van der Waals surface area contributed by atoms with Crippen LogP contribution in [0, 0.1) is 10.1 Å². The van der Waals surface area contributed by atoms with Crippen LogP contribution in [0.4, 0.5) is 17.3 Å². The number of hydrazine groups is 1. The van der Waals surface area contributed by atoms with Crippen LogP contribution < -0.4 is 16.2 Å². The molecule has 0 bridgehead atoms. The lowest BCUT2D eigenvalue weighted by atomic mass is 10.3. The number of pyridine rings is 1. The van der Waals surface area contributed by atoms with Gasteiger partial charge in [0.15, 0.2) is 0 Å². The Morgan fingerprint density at radius 2 is 2.33 bits per heavy atom. The van der Waals surface area contributed by atoms with Crippen LogP contribution in [0.1, 0.15) is 18.6 Å². The number of furan rings is 1. The van der Waals surface area contributed by atoms with Crippen LogP contribution in [0.3, 0.4) is 0 Å². The first kappa shape index (κ1) is 13.4. The van der Waals surface area contributed by atoms with E-state index in [1.807, 2.05) is 17.0 Å². The van der Waals surface area contributed by atoms with Gasteiger partial charge in [-0.1, -0.05) is 0 Å². The molecule has 2 aromatic heterocycles. The van der Waals surface area contributed by atoms with Crippen LogP contribution in [0.2, 0.25) is 0 Å². The monoisotopic (exact) mass is 289 g/mol. The number of nitrogens with one attached hydrogen (secondary N) is 1. The Bertz CT molecular complexity index is 639. The Morgan fingerprint density at radius 3 is 2.90 bits per heavy atom. The topological polar surface area (TPSA) is 110 Å². The Labute approximate surface area is 120 Å². The molecule has 3 rings (SSSR count). The second kappa shape index (κ2) is 5.41. The molecular weight excluding hydrogens is 274 g/mol. The molecule has 0 atom stereocenters. The van der Waals surface area contributed by atoms with Gasteiger partial charge in [0.05, 0.1) is 29.9 Å². The summed E-state index contributed by atoms with van der Waals surface area (Å²) >= 11 is 0. The standard InChI is InChI=1S/C13H15N5O3/c14-16-12-6-10(18(19)20)7-13(15-12)17(9-3-4-9)8-11-2-1-5-21-11/h1-2,5-7,9H,3-4,8,14H2,(H,15,16). The minimum atomic E-state index is -0.454. The summed E-state index contributed by atoms with van der Waals surface area (Å²) < 4.78 is 5.35. The molecule has 1 aliphatic carbocycles. The molecule has 1 aliphatic rings. The molecule has 1 fully saturated rings. The van der Waals surface area contributed by atoms with Gasteiger partial charge < -0.3 is 14.7 Å². The van der Waals surface area contributed by atoms with E-state index in [0.717, 1.165) is 18.6 Å². The minimum Gasteiger partial charge on any atom is -0.467 e. The largest absolute Gasteiger partial charge is 0.467 e. The quantitative estimate of drug-likeness (QED) is 0.475. The predicted molar refractivity (Wildman–Crippen MR) is 76.6 cm³/mol. The van der Waals surface area contributed by atoms with Crippen molar-refractivity contribution in [1.29, 1.82) is 0 Å². The zero-order valence-corrected chi connectivity index (χ0v) is 11.2. The fourth-order valence-electron chi connectivity index (χ4n) is 2.18. The first-order valence-electron chi connectivity index (χ1n) is 6.59. The number of nitrogens with zero attached hydrogens (tertiary/aromatic N) is 3. The molecule has 0 aliphatic heterocycles. The molecule has 8 heteroatoms. The van der Waals surface area contributed by atoms with Crippen molar-refractivity contribution in [3.8, 4) is 0 Å². The molecule has 0 unspecified atom stereocenters. The van der Waals surface area contributed by atoms with Crippen molar-refractivity contribution in [1.82, 2.24) is 4.98 Å². The van der Waals surface area contributed by atoms with Gasteiger partial charge in [-0.2, -0.15) is 0 Å². The summed E-state index contributed by atoms with van der Waals surface area (Å²) in [7, 11) is 0. The van der Waals surface area contributed by atoms with Crippen molar-refractivity contribution in [3.05, 3.63) is 46.4 Å². The van der Waals surface area contributed by atoms with E-state index in [1.165, 1.54) is 12.1 Å². The summed E-state index contributed by atoms with van der Waals surface area (Å²) in [5.41, 5.74) is 2.33. The fourth-order valence-corrected chi connectivity index (χ4v) is 2.18. The summed E-state index contributed by atoms with van der Waals surface area (Å²) in [5, 5.41) is 11.0. The molecule has 0 spiro atoms. The van der Waals surface area contributed by atoms with E-state index in [4.69, 9.17) is 10.3 Å². The summed E-state index contributed by atoms with van der Waals surface area (Å²) in [6, 6.07) is 6.78. The van der Waals surface area contributed by atoms with E-state index >= 15 is 0 Å². The van der Waals surface area contributed by atoms with E-state index in [2.05, 4.69) is 10.4 Å². The number of nitro groups is 1. The average Bonchev–Trinajstić information content (AvgIpc) is 3.20. The number of hydrogen-bond acceptors (Lipinski definition) is 7. The maximum absolute atomic E-state index is 11.0. The number of nitrogen functional groups attached to an aromatic ring is 1. The number of anilines is 2.